The lowest BCUT2D eigenvalue weighted by Crippen LogP contribution is -2.52. The van der Waals surface area contributed by atoms with Crippen LogP contribution < -0.4 is 15.0 Å². The summed E-state index contributed by atoms with van der Waals surface area (Å²) in [5.74, 6) is 0.0455. The van der Waals surface area contributed by atoms with Crippen LogP contribution in [0.5, 0.6) is 5.75 Å². The van der Waals surface area contributed by atoms with Crippen LogP contribution in [0.2, 0.25) is 0 Å². The standard InChI is InChI=1S/C33H35FN4O4/c34-25-8-10-26(11-9-25)37-16-14-36(15-17-37)19-23-4-6-24(7-5-23)22-42-32-3-1-2-28-29(32)20-38(33(28)41)27-12-13-30(35-18-27)31(40)21-39/h1-11,21,27,30,35H,12-20,22H2. The Bertz CT molecular complexity index is 1430. The van der Waals surface area contributed by atoms with Crippen molar-refractivity contribution in [1.82, 2.24) is 15.1 Å². The minimum atomic E-state index is -0.456. The number of carbonyl (C=O) groups is 3. The molecule has 218 valence electrons. The van der Waals surface area contributed by atoms with Crippen molar-refractivity contribution in [2.45, 2.75) is 44.6 Å². The predicted octanol–water partition coefficient (Wildman–Crippen LogP) is 3.57. The van der Waals surface area contributed by atoms with Gasteiger partial charge in [-0.1, -0.05) is 30.3 Å². The zero-order valence-corrected chi connectivity index (χ0v) is 23.5. The number of ketones is 1. The van der Waals surface area contributed by atoms with Gasteiger partial charge < -0.3 is 19.9 Å². The molecule has 3 aromatic rings. The van der Waals surface area contributed by atoms with Crippen molar-refractivity contribution in [3.63, 3.8) is 0 Å². The highest BCUT2D eigenvalue weighted by Gasteiger charge is 2.37. The number of halogens is 1. The number of piperidine rings is 1. The molecule has 1 N–H and O–H groups in total. The van der Waals surface area contributed by atoms with Gasteiger partial charge >= 0.3 is 0 Å². The van der Waals surface area contributed by atoms with Crippen LogP contribution in [0.25, 0.3) is 0 Å². The topological polar surface area (TPSA) is 82.2 Å². The Morgan fingerprint density at radius 3 is 2.38 bits per heavy atom. The number of nitrogens with one attached hydrogen (secondary N) is 1. The van der Waals surface area contributed by atoms with E-state index in [1.807, 2.05) is 35.2 Å². The largest absolute Gasteiger partial charge is 0.489 e. The van der Waals surface area contributed by atoms with E-state index in [9.17, 15) is 18.8 Å². The molecule has 2 fully saturated rings. The average molecular weight is 571 g/mol. The molecule has 0 aliphatic carbocycles. The molecule has 3 aliphatic heterocycles. The predicted molar refractivity (Wildman–Crippen MR) is 157 cm³/mol. The maximum Gasteiger partial charge on any atom is 0.254 e. The van der Waals surface area contributed by atoms with Crippen LogP contribution in [-0.2, 0) is 29.3 Å². The lowest BCUT2D eigenvalue weighted by atomic mass is 9.97. The minimum Gasteiger partial charge on any atom is -0.489 e. The first-order valence-electron chi connectivity index (χ1n) is 14.6. The zero-order valence-electron chi connectivity index (χ0n) is 23.5. The molecule has 2 saturated heterocycles. The monoisotopic (exact) mass is 570 g/mol. The number of carbonyl (C=O) groups excluding carboxylic acids is 3. The van der Waals surface area contributed by atoms with E-state index < -0.39 is 11.8 Å². The number of aldehydes is 1. The van der Waals surface area contributed by atoms with E-state index in [1.54, 1.807) is 0 Å². The highest BCUT2D eigenvalue weighted by atomic mass is 19.1. The van der Waals surface area contributed by atoms with Crippen molar-refractivity contribution in [2.75, 3.05) is 37.6 Å². The van der Waals surface area contributed by atoms with Gasteiger partial charge in [-0.15, -0.1) is 0 Å². The highest BCUT2D eigenvalue weighted by molar-refractivity contribution is 6.27. The summed E-state index contributed by atoms with van der Waals surface area (Å²) in [5.41, 5.74) is 4.92. The Kier molecular flexibility index (Phi) is 8.30. The molecule has 42 heavy (non-hydrogen) atoms. The van der Waals surface area contributed by atoms with E-state index >= 15 is 0 Å². The fourth-order valence-electron chi connectivity index (χ4n) is 6.16. The molecule has 8 nitrogen and oxygen atoms in total. The minimum absolute atomic E-state index is 0.0229. The molecule has 0 aromatic heterocycles. The van der Waals surface area contributed by atoms with Gasteiger partial charge in [-0.25, -0.2) is 4.39 Å². The number of piperazine rings is 1. The summed E-state index contributed by atoms with van der Waals surface area (Å²) < 4.78 is 19.5. The van der Waals surface area contributed by atoms with E-state index in [4.69, 9.17) is 4.74 Å². The van der Waals surface area contributed by atoms with Gasteiger partial charge in [-0.3, -0.25) is 19.3 Å². The molecule has 0 bridgehead atoms. The third-order valence-corrected chi connectivity index (χ3v) is 8.63. The summed E-state index contributed by atoms with van der Waals surface area (Å²) in [4.78, 5) is 42.3. The number of amides is 1. The summed E-state index contributed by atoms with van der Waals surface area (Å²) in [6, 6.07) is 20.3. The van der Waals surface area contributed by atoms with Gasteiger partial charge in [0.05, 0.1) is 12.6 Å². The van der Waals surface area contributed by atoms with Crippen LogP contribution in [0.3, 0.4) is 0 Å². The molecule has 1 amide bonds. The Hall–Kier alpha value is -4.08. The summed E-state index contributed by atoms with van der Waals surface area (Å²) >= 11 is 0. The Morgan fingerprint density at radius 1 is 0.952 bits per heavy atom. The number of benzene rings is 3. The number of anilines is 1. The second-order valence-electron chi connectivity index (χ2n) is 11.3. The summed E-state index contributed by atoms with van der Waals surface area (Å²) in [6.45, 7) is 5.96. The fraction of sp³-hybridized carbons (Fsp3) is 0.364. The first-order chi connectivity index (χ1) is 20.5. The van der Waals surface area contributed by atoms with Crippen molar-refractivity contribution >= 4 is 23.7 Å². The molecule has 0 radical (unpaired) electrons. The van der Waals surface area contributed by atoms with Crippen LogP contribution in [0.15, 0.2) is 66.7 Å². The molecule has 6 rings (SSSR count). The second kappa shape index (κ2) is 12.4. The molecule has 2 atom stereocenters. The normalized spacial score (nSPS) is 20.8. The maximum absolute atomic E-state index is 13.2. The number of hydrogen-bond acceptors (Lipinski definition) is 7. The Balaban J connectivity index is 1.00. The van der Waals surface area contributed by atoms with Gasteiger partial charge in [0.1, 0.15) is 18.2 Å². The Labute approximate surface area is 245 Å². The second-order valence-corrected chi connectivity index (χ2v) is 11.3. The van der Waals surface area contributed by atoms with Gasteiger partial charge in [0, 0.05) is 62.1 Å². The van der Waals surface area contributed by atoms with Gasteiger partial charge in [0.25, 0.3) is 5.91 Å². The van der Waals surface area contributed by atoms with Gasteiger partial charge in [0.2, 0.25) is 5.78 Å². The molecule has 2 unspecified atom stereocenters. The van der Waals surface area contributed by atoms with Gasteiger partial charge in [0.15, 0.2) is 6.29 Å². The van der Waals surface area contributed by atoms with Crippen LogP contribution in [0.4, 0.5) is 10.1 Å². The molecule has 9 heteroatoms. The quantitative estimate of drug-likeness (QED) is 0.311. The number of ether oxygens (including phenoxy) is 1. The molecule has 0 saturated carbocycles. The molecular formula is C33H35FN4O4. The smallest absolute Gasteiger partial charge is 0.254 e. The third kappa shape index (κ3) is 6.07. The SMILES string of the molecule is O=CC(=O)C1CCC(N2Cc3c(OCc4ccc(CN5CCN(c6ccc(F)cc6)CC5)cc4)cccc3C2=O)CN1. The van der Waals surface area contributed by atoms with E-state index in [0.717, 1.165) is 49.5 Å². The summed E-state index contributed by atoms with van der Waals surface area (Å²) in [6.07, 6.45) is 1.57. The van der Waals surface area contributed by atoms with Gasteiger partial charge in [-0.05, 0) is 60.4 Å². The van der Waals surface area contributed by atoms with Crippen molar-refractivity contribution < 1.29 is 23.5 Å². The van der Waals surface area contributed by atoms with Crippen molar-refractivity contribution in [3.8, 4) is 5.75 Å². The van der Waals surface area contributed by atoms with Crippen molar-refractivity contribution in [1.29, 1.82) is 0 Å². The lowest BCUT2D eigenvalue weighted by Gasteiger charge is -2.36. The van der Waals surface area contributed by atoms with Crippen LogP contribution in [0.1, 0.15) is 39.9 Å². The van der Waals surface area contributed by atoms with E-state index in [-0.39, 0.29) is 17.8 Å². The summed E-state index contributed by atoms with van der Waals surface area (Å²) in [7, 11) is 0. The zero-order chi connectivity index (χ0) is 29.1. The average Bonchev–Trinajstić information content (AvgIpc) is 3.38. The van der Waals surface area contributed by atoms with Crippen LogP contribution >= 0.6 is 0 Å². The number of Topliss-reactive ketones (excluding diaryl/α,β-unsaturated/α-hetero) is 1. The van der Waals surface area contributed by atoms with E-state index in [2.05, 4.69) is 39.4 Å². The number of fused-ring (bicyclic) bond motifs is 1. The molecule has 0 spiro atoms. The number of nitrogens with zero attached hydrogens (tertiary/aromatic N) is 3. The van der Waals surface area contributed by atoms with Crippen LogP contribution in [0, 0.1) is 5.82 Å². The fourth-order valence-corrected chi connectivity index (χ4v) is 6.16. The lowest BCUT2D eigenvalue weighted by molar-refractivity contribution is -0.131. The van der Waals surface area contributed by atoms with E-state index in [0.29, 0.717) is 50.1 Å². The number of rotatable bonds is 9. The molecule has 3 aromatic carbocycles. The first kappa shape index (κ1) is 28.1. The van der Waals surface area contributed by atoms with Gasteiger partial charge in [-0.2, -0.15) is 0 Å². The number of hydrogen-bond donors (Lipinski definition) is 1. The molecule has 3 heterocycles. The molecular weight excluding hydrogens is 535 g/mol. The molecule has 3 aliphatic rings. The van der Waals surface area contributed by atoms with Crippen molar-refractivity contribution in [3.05, 3.63) is 94.8 Å². The third-order valence-electron chi connectivity index (χ3n) is 8.63. The Morgan fingerprint density at radius 2 is 1.69 bits per heavy atom. The van der Waals surface area contributed by atoms with E-state index in [1.165, 1.54) is 17.7 Å². The first-order valence-corrected chi connectivity index (χ1v) is 14.6. The van der Waals surface area contributed by atoms with Crippen LogP contribution in [-0.4, -0.2) is 72.6 Å². The highest BCUT2D eigenvalue weighted by Crippen LogP contribution is 2.34. The van der Waals surface area contributed by atoms with Crippen molar-refractivity contribution in [2.24, 2.45) is 0 Å². The maximum atomic E-state index is 13.2. The summed E-state index contributed by atoms with van der Waals surface area (Å²) in [5, 5.41) is 3.12.